The van der Waals surface area contributed by atoms with Gasteiger partial charge in [0.05, 0.1) is 5.25 Å². The maximum Gasteiger partial charge on any atom is 0.119 e. The van der Waals surface area contributed by atoms with E-state index in [0.29, 0.717) is 0 Å². The fourth-order valence-electron chi connectivity index (χ4n) is 1.86. The highest BCUT2D eigenvalue weighted by molar-refractivity contribution is 9.10. The Morgan fingerprint density at radius 2 is 2.11 bits per heavy atom. The summed E-state index contributed by atoms with van der Waals surface area (Å²) in [5.74, 6) is 1.88. The molecular weight excluding hydrogens is 322 g/mol. The van der Waals surface area contributed by atoms with Gasteiger partial charge >= 0.3 is 0 Å². The molecule has 4 heteroatoms. The molecule has 2 atom stereocenters. The zero-order valence-electron chi connectivity index (χ0n) is 11.1. The van der Waals surface area contributed by atoms with E-state index in [1.54, 1.807) is 11.8 Å². The minimum absolute atomic E-state index is 0.0783. The van der Waals surface area contributed by atoms with Crippen LogP contribution in [0.2, 0.25) is 0 Å². The fraction of sp³-hybridized carbons (Fsp3) is 0.333. The molecule has 102 valence electrons. The number of furan rings is 1. The SMILES string of the molecule is CCC(N)C(Sc1cccc(Br)c1)c1ccc(C)o1. The van der Waals surface area contributed by atoms with Crippen molar-refractivity contribution in [2.75, 3.05) is 0 Å². The number of benzene rings is 1. The Balaban J connectivity index is 2.24. The van der Waals surface area contributed by atoms with Gasteiger partial charge in [-0.25, -0.2) is 0 Å². The molecule has 1 aromatic heterocycles. The second kappa shape index (κ2) is 6.64. The third kappa shape index (κ3) is 3.88. The maximum absolute atomic E-state index is 6.25. The summed E-state index contributed by atoms with van der Waals surface area (Å²) >= 11 is 5.25. The average Bonchev–Trinajstić information content (AvgIpc) is 2.81. The molecule has 0 radical (unpaired) electrons. The van der Waals surface area contributed by atoms with Crippen LogP contribution in [0.4, 0.5) is 0 Å². The number of aryl methyl sites for hydroxylation is 1. The molecule has 0 fully saturated rings. The lowest BCUT2D eigenvalue weighted by molar-refractivity contribution is 0.454. The van der Waals surface area contributed by atoms with E-state index in [4.69, 9.17) is 10.2 Å². The van der Waals surface area contributed by atoms with Gasteiger partial charge in [0.2, 0.25) is 0 Å². The standard InChI is InChI=1S/C15H18BrNOS/c1-3-13(17)15(14-8-7-10(2)18-14)19-12-6-4-5-11(16)9-12/h4-9,13,15H,3,17H2,1-2H3. The molecule has 2 nitrogen and oxygen atoms in total. The first-order valence-electron chi connectivity index (χ1n) is 6.34. The van der Waals surface area contributed by atoms with Gasteiger partial charge in [-0.05, 0) is 43.7 Å². The summed E-state index contributed by atoms with van der Waals surface area (Å²) in [6, 6.07) is 12.4. The van der Waals surface area contributed by atoms with Crippen LogP contribution in [0.15, 0.2) is 50.2 Å². The van der Waals surface area contributed by atoms with Gasteiger partial charge in [-0.3, -0.25) is 0 Å². The molecule has 2 N–H and O–H groups in total. The van der Waals surface area contributed by atoms with E-state index in [-0.39, 0.29) is 11.3 Å². The summed E-state index contributed by atoms with van der Waals surface area (Å²) in [7, 11) is 0. The number of hydrogen-bond donors (Lipinski definition) is 1. The van der Waals surface area contributed by atoms with Crippen molar-refractivity contribution < 1.29 is 4.42 Å². The Morgan fingerprint density at radius 1 is 1.32 bits per heavy atom. The Bertz CT molecular complexity index is 540. The molecule has 19 heavy (non-hydrogen) atoms. The predicted molar refractivity (Wildman–Crippen MR) is 84.5 cm³/mol. The molecule has 0 aliphatic carbocycles. The number of nitrogens with two attached hydrogens (primary N) is 1. The van der Waals surface area contributed by atoms with Crippen molar-refractivity contribution in [1.29, 1.82) is 0 Å². The van der Waals surface area contributed by atoms with Gasteiger partial charge in [-0.2, -0.15) is 0 Å². The molecular formula is C15H18BrNOS. The molecule has 0 spiro atoms. The zero-order valence-corrected chi connectivity index (χ0v) is 13.5. The lowest BCUT2D eigenvalue weighted by atomic mass is 10.1. The summed E-state index contributed by atoms with van der Waals surface area (Å²) in [5.41, 5.74) is 6.25. The first-order chi connectivity index (χ1) is 9.10. The summed E-state index contributed by atoms with van der Waals surface area (Å²) in [6.07, 6.45) is 0.922. The number of thioether (sulfide) groups is 1. The van der Waals surface area contributed by atoms with Gasteiger partial charge in [0.25, 0.3) is 0 Å². The monoisotopic (exact) mass is 339 g/mol. The second-order valence-electron chi connectivity index (χ2n) is 4.52. The van der Waals surface area contributed by atoms with Crippen LogP contribution >= 0.6 is 27.7 Å². The van der Waals surface area contributed by atoms with Crippen molar-refractivity contribution >= 4 is 27.7 Å². The Morgan fingerprint density at radius 3 is 2.68 bits per heavy atom. The molecule has 0 bridgehead atoms. The van der Waals surface area contributed by atoms with Gasteiger partial charge in [0.1, 0.15) is 11.5 Å². The van der Waals surface area contributed by atoms with E-state index in [0.717, 1.165) is 22.4 Å². The summed E-state index contributed by atoms with van der Waals surface area (Å²) in [5, 5.41) is 0.146. The molecule has 0 amide bonds. The number of halogens is 1. The lowest BCUT2D eigenvalue weighted by Gasteiger charge is -2.20. The molecule has 0 aliphatic rings. The van der Waals surface area contributed by atoms with Crippen LogP contribution in [0, 0.1) is 6.92 Å². The molecule has 1 aromatic carbocycles. The summed E-state index contributed by atoms with van der Waals surface area (Å²) in [6.45, 7) is 4.07. The van der Waals surface area contributed by atoms with Crippen LogP contribution in [0.25, 0.3) is 0 Å². The molecule has 0 aliphatic heterocycles. The molecule has 1 heterocycles. The van der Waals surface area contributed by atoms with E-state index >= 15 is 0 Å². The van der Waals surface area contributed by atoms with Gasteiger partial charge in [0, 0.05) is 15.4 Å². The van der Waals surface area contributed by atoms with Crippen LogP contribution in [0.1, 0.15) is 30.1 Å². The van der Waals surface area contributed by atoms with E-state index in [1.807, 2.05) is 31.2 Å². The van der Waals surface area contributed by atoms with Crippen molar-refractivity contribution in [3.63, 3.8) is 0 Å². The minimum atomic E-state index is 0.0783. The van der Waals surface area contributed by atoms with Crippen molar-refractivity contribution in [2.24, 2.45) is 5.73 Å². The molecule has 0 saturated carbocycles. The smallest absolute Gasteiger partial charge is 0.119 e. The number of hydrogen-bond acceptors (Lipinski definition) is 3. The molecule has 2 aromatic rings. The van der Waals surface area contributed by atoms with Gasteiger partial charge in [0.15, 0.2) is 0 Å². The summed E-state index contributed by atoms with van der Waals surface area (Å²) in [4.78, 5) is 1.19. The Labute approximate surface area is 126 Å². The highest BCUT2D eigenvalue weighted by atomic mass is 79.9. The van der Waals surface area contributed by atoms with Gasteiger partial charge in [-0.1, -0.05) is 28.9 Å². The summed E-state index contributed by atoms with van der Waals surface area (Å²) < 4.78 is 6.84. The van der Waals surface area contributed by atoms with Gasteiger partial charge < -0.3 is 10.2 Å². The van der Waals surface area contributed by atoms with Gasteiger partial charge in [-0.15, -0.1) is 11.8 Å². The molecule has 0 saturated heterocycles. The number of rotatable bonds is 5. The zero-order chi connectivity index (χ0) is 13.8. The van der Waals surface area contributed by atoms with Crippen molar-refractivity contribution in [3.8, 4) is 0 Å². The van der Waals surface area contributed by atoms with Crippen LogP contribution in [0.5, 0.6) is 0 Å². The quantitative estimate of drug-likeness (QED) is 0.785. The molecule has 2 rings (SSSR count). The fourth-order valence-corrected chi connectivity index (χ4v) is 3.67. The van der Waals surface area contributed by atoms with Crippen molar-refractivity contribution in [3.05, 3.63) is 52.4 Å². The third-order valence-corrected chi connectivity index (χ3v) is 4.82. The van der Waals surface area contributed by atoms with Crippen molar-refractivity contribution in [2.45, 2.75) is 36.5 Å². The van der Waals surface area contributed by atoms with Crippen LogP contribution in [-0.2, 0) is 0 Å². The van der Waals surface area contributed by atoms with E-state index in [1.165, 1.54) is 4.90 Å². The Hall–Kier alpha value is -0.710. The normalized spacial score (nSPS) is 14.3. The maximum atomic E-state index is 6.25. The third-order valence-electron chi connectivity index (χ3n) is 2.96. The van der Waals surface area contributed by atoms with Crippen LogP contribution in [0.3, 0.4) is 0 Å². The van der Waals surface area contributed by atoms with Crippen LogP contribution in [-0.4, -0.2) is 6.04 Å². The van der Waals surface area contributed by atoms with E-state index < -0.39 is 0 Å². The average molecular weight is 340 g/mol. The van der Waals surface area contributed by atoms with E-state index in [9.17, 15) is 0 Å². The van der Waals surface area contributed by atoms with Crippen molar-refractivity contribution in [1.82, 2.24) is 0 Å². The topological polar surface area (TPSA) is 39.2 Å². The highest BCUT2D eigenvalue weighted by Gasteiger charge is 2.23. The van der Waals surface area contributed by atoms with E-state index in [2.05, 4.69) is 35.0 Å². The minimum Gasteiger partial charge on any atom is -0.465 e. The largest absolute Gasteiger partial charge is 0.465 e. The first-order valence-corrected chi connectivity index (χ1v) is 8.01. The first kappa shape index (κ1) is 14.7. The highest BCUT2D eigenvalue weighted by Crippen LogP contribution is 2.39. The second-order valence-corrected chi connectivity index (χ2v) is 6.65. The molecule has 2 unspecified atom stereocenters. The lowest BCUT2D eigenvalue weighted by Crippen LogP contribution is -2.25. The predicted octanol–water partition coefficient (Wildman–Crippen LogP) is 4.92. The van der Waals surface area contributed by atoms with Crippen LogP contribution < -0.4 is 5.73 Å². The Kier molecular flexibility index (Phi) is 5.13.